The summed E-state index contributed by atoms with van der Waals surface area (Å²) >= 11 is 1.86. The lowest BCUT2D eigenvalue weighted by Crippen LogP contribution is -2.30. The first-order valence-corrected chi connectivity index (χ1v) is 8.85. The van der Waals surface area contributed by atoms with Gasteiger partial charge in [-0.25, -0.2) is 0 Å². The molecule has 0 bridgehead atoms. The van der Waals surface area contributed by atoms with E-state index in [1.165, 1.54) is 12.8 Å². The summed E-state index contributed by atoms with van der Waals surface area (Å²) in [6.07, 6.45) is 4.21. The second-order valence-corrected chi connectivity index (χ2v) is 7.60. The fraction of sp³-hybridized carbons (Fsp3) is 0.917. The van der Waals surface area contributed by atoms with Crippen molar-refractivity contribution in [2.24, 2.45) is 10.9 Å². The smallest absolute Gasteiger partial charge is 0.156 e. The molecule has 0 saturated heterocycles. The average molecular weight is 276 g/mol. The lowest BCUT2D eigenvalue weighted by atomic mass is 9.99. The van der Waals surface area contributed by atoms with E-state index in [1.54, 1.807) is 6.26 Å². The Bertz CT molecular complexity index is 290. The number of amidine groups is 1. The fourth-order valence-corrected chi connectivity index (χ4v) is 3.54. The zero-order valence-electron chi connectivity index (χ0n) is 11.2. The lowest BCUT2D eigenvalue weighted by molar-refractivity contribution is 0.479. The molecule has 0 aromatic heterocycles. The molecule has 5 heteroatoms. The molecule has 0 amide bonds. The highest BCUT2D eigenvalue weighted by molar-refractivity contribution is 8.14. The Balaban J connectivity index is 2.32. The summed E-state index contributed by atoms with van der Waals surface area (Å²) in [7, 11) is -0.758. The van der Waals surface area contributed by atoms with Gasteiger partial charge in [0.05, 0.1) is 6.54 Å². The second-order valence-electron chi connectivity index (χ2n) is 4.57. The number of thioether (sulfide) groups is 1. The summed E-state index contributed by atoms with van der Waals surface area (Å²) in [5, 5.41) is 5.18. The molecule has 1 aliphatic heterocycles. The zero-order chi connectivity index (χ0) is 12.8. The van der Waals surface area contributed by atoms with Crippen LogP contribution in [0.1, 0.15) is 33.6 Å². The van der Waals surface area contributed by atoms with Gasteiger partial charge in [-0.1, -0.05) is 38.5 Å². The summed E-state index contributed by atoms with van der Waals surface area (Å²) in [6.45, 7) is 8.19. The van der Waals surface area contributed by atoms with E-state index >= 15 is 0 Å². The van der Waals surface area contributed by atoms with Gasteiger partial charge in [-0.2, -0.15) is 0 Å². The molecule has 1 aliphatic rings. The van der Waals surface area contributed by atoms with Gasteiger partial charge in [0.25, 0.3) is 0 Å². The lowest BCUT2D eigenvalue weighted by Gasteiger charge is -2.19. The highest BCUT2D eigenvalue weighted by Gasteiger charge is 2.25. The molecular formula is C12H24N2OS2. The van der Waals surface area contributed by atoms with Gasteiger partial charge in [-0.3, -0.25) is 9.20 Å². The number of rotatable bonds is 6. The predicted octanol–water partition coefficient (Wildman–Crippen LogP) is 2.25. The van der Waals surface area contributed by atoms with Gasteiger partial charge in [-0.05, 0) is 12.8 Å². The van der Waals surface area contributed by atoms with Crippen LogP contribution in [0.2, 0.25) is 0 Å². The van der Waals surface area contributed by atoms with E-state index in [9.17, 15) is 4.21 Å². The van der Waals surface area contributed by atoms with Crippen LogP contribution in [-0.4, -0.2) is 39.2 Å². The van der Waals surface area contributed by atoms with Gasteiger partial charge in [0, 0.05) is 34.1 Å². The maximum absolute atomic E-state index is 11.2. The van der Waals surface area contributed by atoms with Crippen LogP contribution in [0, 0.1) is 5.92 Å². The number of hydrogen-bond acceptors (Lipinski definition) is 4. The molecule has 0 aliphatic carbocycles. The number of nitrogens with one attached hydrogen (secondary N) is 1. The van der Waals surface area contributed by atoms with Crippen LogP contribution in [-0.2, 0) is 10.8 Å². The van der Waals surface area contributed by atoms with E-state index < -0.39 is 10.8 Å². The quantitative estimate of drug-likeness (QED) is 0.809. The second kappa shape index (κ2) is 7.41. The van der Waals surface area contributed by atoms with Crippen molar-refractivity contribution in [3.8, 4) is 0 Å². The van der Waals surface area contributed by atoms with E-state index in [4.69, 9.17) is 0 Å². The molecule has 3 nitrogen and oxygen atoms in total. The van der Waals surface area contributed by atoms with Gasteiger partial charge in [0.2, 0.25) is 0 Å². The van der Waals surface area contributed by atoms with Gasteiger partial charge in [-0.15, -0.1) is 0 Å². The summed E-state index contributed by atoms with van der Waals surface area (Å²) in [6, 6.07) is 0. The Morgan fingerprint density at radius 3 is 2.71 bits per heavy atom. The molecular weight excluding hydrogens is 252 g/mol. The molecule has 3 atom stereocenters. The molecule has 1 rings (SSSR count). The molecule has 17 heavy (non-hydrogen) atoms. The number of aliphatic imine (C=N–C) groups is 1. The molecule has 0 spiro atoms. The molecule has 0 fully saturated rings. The molecule has 0 aromatic rings. The van der Waals surface area contributed by atoms with Crippen LogP contribution >= 0.6 is 11.8 Å². The summed E-state index contributed by atoms with van der Waals surface area (Å²) in [5.41, 5.74) is 0. The van der Waals surface area contributed by atoms with Crippen molar-refractivity contribution in [2.45, 2.75) is 44.1 Å². The van der Waals surface area contributed by atoms with Crippen molar-refractivity contribution < 1.29 is 4.21 Å². The molecule has 3 unspecified atom stereocenters. The van der Waals surface area contributed by atoms with E-state index in [2.05, 4.69) is 24.2 Å². The van der Waals surface area contributed by atoms with E-state index in [0.717, 1.165) is 24.2 Å². The van der Waals surface area contributed by atoms with Crippen LogP contribution in [0.3, 0.4) is 0 Å². The van der Waals surface area contributed by atoms with Crippen molar-refractivity contribution in [1.29, 1.82) is 0 Å². The van der Waals surface area contributed by atoms with Crippen molar-refractivity contribution in [3.05, 3.63) is 0 Å². The van der Waals surface area contributed by atoms with Crippen LogP contribution in [0.5, 0.6) is 0 Å². The largest absolute Gasteiger partial charge is 0.364 e. The van der Waals surface area contributed by atoms with Crippen LogP contribution in [0.15, 0.2) is 4.99 Å². The number of nitrogens with zero attached hydrogens (tertiary/aromatic N) is 1. The SMILES string of the molecule is CCC(CC)C1CN=C(NCC(C)S(C)=O)S1. The Morgan fingerprint density at radius 2 is 2.18 bits per heavy atom. The molecule has 1 heterocycles. The summed E-state index contributed by atoms with van der Waals surface area (Å²) in [4.78, 5) is 4.53. The van der Waals surface area contributed by atoms with Crippen molar-refractivity contribution in [3.63, 3.8) is 0 Å². The Labute approximate surface area is 112 Å². The maximum Gasteiger partial charge on any atom is 0.156 e. The fourth-order valence-electron chi connectivity index (χ4n) is 1.90. The average Bonchev–Trinajstić information content (AvgIpc) is 2.76. The third-order valence-electron chi connectivity index (χ3n) is 3.36. The topological polar surface area (TPSA) is 41.5 Å². The Kier molecular flexibility index (Phi) is 6.55. The van der Waals surface area contributed by atoms with Crippen LogP contribution in [0.4, 0.5) is 0 Å². The summed E-state index contributed by atoms with van der Waals surface area (Å²) < 4.78 is 11.2. The minimum absolute atomic E-state index is 0.186. The standard InChI is InChI=1S/C12H24N2OS2/c1-5-10(6-2)11-8-14-12(16-11)13-7-9(3)17(4)15/h9-11H,5-8H2,1-4H3,(H,13,14). The minimum atomic E-state index is -0.758. The normalized spacial score (nSPS) is 23.6. The van der Waals surface area contributed by atoms with Gasteiger partial charge >= 0.3 is 0 Å². The molecule has 1 N–H and O–H groups in total. The highest BCUT2D eigenvalue weighted by atomic mass is 32.2. The van der Waals surface area contributed by atoms with Crippen molar-refractivity contribution in [1.82, 2.24) is 5.32 Å². The third kappa shape index (κ3) is 4.62. The summed E-state index contributed by atoms with van der Waals surface area (Å²) in [5.74, 6) is 0.765. The van der Waals surface area contributed by atoms with Crippen LogP contribution in [0.25, 0.3) is 0 Å². The van der Waals surface area contributed by atoms with Crippen LogP contribution < -0.4 is 5.32 Å². The maximum atomic E-state index is 11.2. The third-order valence-corrected chi connectivity index (χ3v) is 5.99. The first-order valence-electron chi connectivity index (χ1n) is 6.35. The predicted molar refractivity (Wildman–Crippen MR) is 79.3 cm³/mol. The van der Waals surface area contributed by atoms with Gasteiger partial charge < -0.3 is 5.32 Å². The Hall–Kier alpha value is -0.0300. The molecule has 0 saturated carbocycles. The van der Waals surface area contributed by atoms with Gasteiger partial charge in [0.1, 0.15) is 0 Å². The van der Waals surface area contributed by atoms with E-state index in [-0.39, 0.29) is 5.25 Å². The van der Waals surface area contributed by atoms with Gasteiger partial charge in [0.15, 0.2) is 5.17 Å². The molecule has 0 aromatic carbocycles. The van der Waals surface area contributed by atoms with Crippen molar-refractivity contribution in [2.75, 3.05) is 19.3 Å². The highest BCUT2D eigenvalue weighted by Crippen LogP contribution is 2.30. The first-order chi connectivity index (χ1) is 8.08. The van der Waals surface area contributed by atoms with Crippen molar-refractivity contribution >= 4 is 27.7 Å². The molecule has 100 valence electrons. The zero-order valence-corrected chi connectivity index (χ0v) is 12.9. The monoisotopic (exact) mass is 276 g/mol. The minimum Gasteiger partial charge on any atom is -0.364 e. The Morgan fingerprint density at radius 1 is 1.53 bits per heavy atom. The van der Waals surface area contributed by atoms with E-state index in [0.29, 0.717) is 5.25 Å². The van der Waals surface area contributed by atoms with E-state index in [1.807, 2.05) is 18.7 Å². The number of hydrogen-bond donors (Lipinski definition) is 1. The first kappa shape index (κ1) is 15.0. The molecule has 0 radical (unpaired) electrons.